The number of anilines is 1. The first-order valence-corrected chi connectivity index (χ1v) is 11.0. The van der Waals surface area contributed by atoms with Crippen LogP contribution in [0.1, 0.15) is 18.4 Å². The molecule has 0 saturated heterocycles. The smallest absolute Gasteiger partial charge is 0.257 e. The van der Waals surface area contributed by atoms with Crippen LogP contribution in [0, 0.1) is 5.92 Å². The van der Waals surface area contributed by atoms with E-state index in [2.05, 4.69) is 10.3 Å². The maximum Gasteiger partial charge on any atom is 0.257 e. The number of allylic oxidation sites excluding steroid dienone is 1. The molecule has 0 unspecified atom stereocenters. The molecule has 2 aromatic rings. The lowest BCUT2D eigenvalue weighted by Crippen LogP contribution is -2.14. The first kappa shape index (κ1) is 19.6. The highest BCUT2D eigenvalue weighted by atomic mass is 32.2. The maximum atomic E-state index is 13.5. The van der Waals surface area contributed by atoms with Gasteiger partial charge in [0, 0.05) is 23.4 Å². The van der Waals surface area contributed by atoms with Crippen LogP contribution in [0.25, 0.3) is 5.57 Å². The molecule has 1 heterocycles. The second kappa shape index (κ2) is 7.85. The number of amides is 1. The van der Waals surface area contributed by atoms with Crippen molar-refractivity contribution < 1.29 is 22.0 Å². The summed E-state index contributed by atoms with van der Waals surface area (Å²) in [4.78, 5) is 16.8. The number of sulfone groups is 1. The third kappa shape index (κ3) is 4.78. The van der Waals surface area contributed by atoms with Crippen molar-refractivity contribution in [2.24, 2.45) is 5.92 Å². The predicted octanol–water partition coefficient (Wildman–Crippen LogP) is 3.65. The average Bonchev–Trinajstić information content (AvgIpc) is 3.22. The van der Waals surface area contributed by atoms with Crippen LogP contribution in [0.4, 0.5) is 13.9 Å². The predicted molar refractivity (Wildman–Crippen MR) is 101 cm³/mol. The summed E-state index contributed by atoms with van der Waals surface area (Å²) in [6.07, 6.45) is 1.14. The van der Waals surface area contributed by atoms with Gasteiger partial charge in [-0.3, -0.25) is 10.1 Å². The van der Waals surface area contributed by atoms with Crippen molar-refractivity contribution in [3.63, 3.8) is 0 Å². The molecule has 1 fully saturated rings. The van der Waals surface area contributed by atoms with Crippen LogP contribution in [0.5, 0.6) is 0 Å². The van der Waals surface area contributed by atoms with E-state index in [1.54, 1.807) is 17.7 Å². The Labute approximate surface area is 160 Å². The largest absolute Gasteiger partial charge is 0.298 e. The minimum atomic E-state index is -3.37. The van der Waals surface area contributed by atoms with Crippen LogP contribution in [-0.2, 0) is 14.6 Å². The summed E-state index contributed by atoms with van der Waals surface area (Å²) < 4.78 is 50.3. The molecule has 27 heavy (non-hydrogen) atoms. The number of nitrogens with zero attached hydrogens (tertiary/aromatic N) is 1. The standard InChI is InChI=1S/C18H18F2N2O3S2/c1-27(24,25)13-4-2-12(3-5-13)14(8-11-9-15(19)16(20)10-11)17(23)22-18-21-6-7-26-18/h2-8,11,15-16H,9-10H2,1H3,(H,21,22,23)/b14-8+/t11-,15-,16+. The molecule has 1 aromatic heterocycles. The lowest BCUT2D eigenvalue weighted by atomic mass is 9.98. The Bertz CT molecular complexity index is 931. The number of hydrogen-bond donors (Lipinski definition) is 1. The Balaban J connectivity index is 1.93. The molecule has 1 aromatic carbocycles. The van der Waals surface area contributed by atoms with Crippen molar-refractivity contribution in [2.75, 3.05) is 11.6 Å². The molecule has 5 nitrogen and oxygen atoms in total. The van der Waals surface area contributed by atoms with Crippen molar-refractivity contribution in [2.45, 2.75) is 30.1 Å². The lowest BCUT2D eigenvalue weighted by molar-refractivity contribution is -0.111. The van der Waals surface area contributed by atoms with Crippen molar-refractivity contribution in [1.82, 2.24) is 4.98 Å². The fourth-order valence-corrected chi connectivity index (χ4v) is 4.13. The third-order valence-electron chi connectivity index (χ3n) is 4.34. The summed E-state index contributed by atoms with van der Waals surface area (Å²) in [7, 11) is -3.37. The van der Waals surface area contributed by atoms with Gasteiger partial charge in [0.25, 0.3) is 5.91 Å². The molecule has 1 amide bonds. The summed E-state index contributed by atoms with van der Waals surface area (Å²) in [5.74, 6) is -0.878. The van der Waals surface area contributed by atoms with Crippen molar-refractivity contribution in [1.29, 1.82) is 0 Å². The molecule has 9 heteroatoms. The van der Waals surface area contributed by atoms with E-state index in [-0.39, 0.29) is 23.3 Å². The maximum absolute atomic E-state index is 13.5. The second-order valence-corrected chi connectivity index (χ2v) is 9.34. The van der Waals surface area contributed by atoms with E-state index in [9.17, 15) is 22.0 Å². The molecule has 3 atom stereocenters. The number of halogens is 2. The van der Waals surface area contributed by atoms with Crippen LogP contribution in [0.15, 0.2) is 46.8 Å². The first-order valence-electron chi connectivity index (χ1n) is 8.25. The lowest BCUT2D eigenvalue weighted by Gasteiger charge is -2.11. The van der Waals surface area contributed by atoms with E-state index < -0.39 is 34.0 Å². The Morgan fingerprint density at radius 2 is 1.85 bits per heavy atom. The number of hydrogen-bond acceptors (Lipinski definition) is 5. The summed E-state index contributed by atoms with van der Waals surface area (Å²) in [6, 6.07) is 5.83. The van der Waals surface area contributed by atoms with Gasteiger partial charge in [-0.2, -0.15) is 0 Å². The summed E-state index contributed by atoms with van der Waals surface area (Å²) in [5, 5.41) is 4.76. The number of benzene rings is 1. The molecule has 1 N–H and O–H groups in total. The molecular weight excluding hydrogens is 394 g/mol. The van der Waals surface area contributed by atoms with Gasteiger partial charge in [0.2, 0.25) is 0 Å². The van der Waals surface area contributed by atoms with Crippen LogP contribution in [0.2, 0.25) is 0 Å². The molecule has 1 aliphatic rings. The molecule has 1 aliphatic carbocycles. The molecule has 0 bridgehead atoms. The Morgan fingerprint density at radius 3 is 2.37 bits per heavy atom. The Kier molecular flexibility index (Phi) is 5.71. The highest BCUT2D eigenvalue weighted by Gasteiger charge is 2.34. The van der Waals surface area contributed by atoms with Crippen molar-refractivity contribution >= 4 is 37.8 Å². The fourth-order valence-electron chi connectivity index (χ4n) is 2.98. The first-order chi connectivity index (χ1) is 12.7. The fraction of sp³-hybridized carbons (Fsp3) is 0.333. The quantitative estimate of drug-likeness (QED) is 0.761. The Morgan fingerprint density at radius 1 is 1.22 bits per heavy atom. The molecule has 3 rings (SSSR count). The molecule has 0 radical (unpaired) electrons. The topological polar surface area (TPSA) is 76.1 Å². The monoisotopic (exact) mass is 412 g/mol. The average molecular weight is 412 g/mol. The van der Waals surface area contributed by atoms with Crippen LogP contribution < -0.4 is 5.32 Å². The second-order valence-electron chi connectivity index (χ2n) is 6.43. The van der Waals surface area contributed by atoms with Gasteiger partial charge in [-0.1, -0.05) is 18.2 Å². The number of aromatic nitrogens is 1. The molecule has 0 aliphatic heterocycles. The van der Waals surface area contributed by atoms with Gasteiger partial charge in [-0.05, 0) is 36.5 Å². The van der Waals surface area contributed by atoms with E-state index in [0.717, 1.165) is 6.26 Å². The molecule has 144 valence electrons. The zero-order valence-corrected chi connectivity index (χ0v) is 16.1. The summed E-state index contributed by atoms with van der Waals surface area (Å²) >= 11 is 1.24. The van der Waals surface area contributed by atoms with Crippen LogP contribution >= 0.6 is 11.3 Å². The molecule has 0 spiro atoms. The zero-order valence-electron chi connectivity index (χ0n) is 14.4. The number of rotatable bonds is 5. The van der Waals surface area contributed by atoms with Crippen molar-refractivity contribution in [3.05, 3.63) is 47.5 Å². The highest BCUT2D eigenvalue weighted by Crippen LogP contribution is 2.34. The molecular formula is C18H18F2N2O3S2. The van der Waals surface area contributed by atoms with Gasteiger partial charge in [0.15, 0.2) is 15.0 Å². The molecule has 1 saturated carbocycles. The van der Waals surface area contributed by atoms with Crippen LogP contribution in [0.3, 0.4) is 0 Å². The SMILES string of the molecule is CS(=O)(=O)c1ccc(/C(=C\[C@@H]2C[C@@H](F)[C@@H](F)C2)C(=O)Nc2nccs2)cc1. The number of carbonyl (C=O) groups excluding carboxylic acids is 1. The summed E-state index contributed by atoms with van der Waals surface area (Å²) in [6.45, 7) is 0. The number of nitrogens with one attached hydrogen (secondary N) is 1. The van der Waals surface area contributed by atoms with E-state index in [1.165, 1.54) is 35.6 Å². The summed E-state index contributed by atoms with van der Waals surface area (Å²) in [5.41, 5.74) is 0.700. The minimum Gasteiger partial charge on any atom is -0.298 e. The van der Waals surface area contributed by atoms with Gasteiger partial charge >= 0.3 is 0 Å². The number of carbonyl (C=O) groups is 1. The Hall–Kier alpha value is -2.13. The highest BCUT2D eigenvalue weighted by molar-refractivity contribution is 7.90. The third-order valence-corrected chi connectivity index (χ3v) is 6.16. The van der Waals surface area contributed by atoms with E-state index in [0.29, 0.717) is 10.7 Å². The van der Waals surface area contributed by atoms with Gasteiger partial charge in [0.1, 0.15) is 12.3 Å². The van der Waals surface area contributed by atoms with Gasteiger partial charge in [0.05, 0.1) is 4.90 Å². The van der Waals surface area contributed by atoms with E-state index in [4.69, 9.17) is 0 Å². The van der Waals surface area contributed by atoms with Crippen LogP contribution in [-0.4, -0.2) is 37.9 Å². The normalized spacial score (nSPS) is 23.4. The zero-order chi connectivity index (χ0) is 19.6. The van der Waals surface area contributed by atoms with Crippen molar-refractivity contribution in [3.8, 4) is 0 Å². The van der Waals surface area contributed by atoms with Gasteiger partial charge < -0.3 is 0 Å². The number of thiazole rings is 1. The van der Waals surface area contributed by atoms with E-state index in [1.807, 2.05) is 0 Å². The minimum absolute atomic E-state index is 0.0105. The van der Waals surface area contributed by atoms with E-state index >= 15 is 0 Å². The number of alkyl halides is 2. The van der Waals surface area contributed by atoms with Gasteiger partial charge in [-0.15, -0.1) is 11.3 Å². The van der Waals surface area contributed by atoms with Gasteiger partial charge in [-0.25, -0.2) is 22.2 Å².